The molecule has 2 aromatic carbocycles. The van der Waals surface area contributed by atoms with Crippen LogP contribution in [-0.2, 0) is 11.3 Å². The highest BCUT2D eigenvalue weighted by Crippen LogP contribution is 2.26. The van der Waals surface area contributed by atoms with E-state index in [0.717, 1.165) is 22.4 Å². The molecule has 3 rings (SSSR count). The second kappa shape index (κ2) is 11.8. The molecule has 3 aromatic rings. The Morgan fingerprint density at radius 1 is 1.11 bits per heavy atom. The summed E-state index contributed by atoms with van der Waals surface area (Å²) in [5, 5.41) is 15.4. The summed E-state index contributed by atoms with van der Waals surface area (Å²) in [5.41, 5.74) is 4.60. The lowest BCUT2D eigenvalue weighted by Gasteiger charge is -2.22. The maximum Gasteiger partial charge on any atom is 0.251 e. The van der Waals surface area contributed by atoms with Gasteiger partial charge in [0.05, 0.1) is 11.8 Å². The molecule has 8 heteroatoms. The summed E-state index contributed by atoms with van der Waals surface area (Å²) < 4.78 is 1.91. The number of thioether (sulfide) groups is 1. The number of nitrogens with one attached hydrogen (secondary N) is 2. The van der Waals surface area contributed by atoms with Gasteiger partial charge in [0.2, 0.25) is 5.91 Å². The molecule has 0 aliphatic rings. The largest absolute Gasteiger partial charge is 0.342 e. The van der Waals surface area contributed by atoms with Crippen molar-refractivity contribution in [2.75, 3.05) is 11.1 Å². The SMILES string of the molecule is C=CCn1c(SCC(=O)Nc2cccc(C)c2C)nnc1[C@H](NC(=O)c1cccc(C)c1)C(C)C. The Hall–Kier alpha value is -3.39. The molecule has 2 N–H and O–H groups in total. The Morgan fingerprint density at radius 2 is 1.86 bits per heavy atom. The highest BCUT2D eigenvalue weighted by atomic mass is 32.2. The monoisotopic (exact) mass is 491 g/mol. The van der Waals surface area contributed by atoms with Gasteiger partial charge in [-0.25, -0.2) is 0 Å². The zero-order valence-electron chi connectivity index (χ0n) is 21.0. The number of nitrogens with zero attached hydrogens (tertiary/aromatic N) is 3. The number of aryl methyl sites for hydroxylation is 2. The van der Waals surface area contributed by atoms with Gasteiger partial charge >= 0.3 is 0 Å². The molecule has 2 amide bonds. The maximum atomic E-state index is 13.0. The van der Waals surface area contributed by atoms with Crippen LogP contribution in [0, 0.1) is 26.7 Å². The van der Waals surface area contributed by atoms with Gasteiger partial charge in [-0.15, -0.1) is 16.8 Å². The Morgan fingerprint density at radius 3 is 2.54 bits per heavy atom. The molecule has 35 heavy (non-hydrogen) atoms. The van der Waals surface area contributed by atoms with Crippen molar-refractivity contribution >= 4 is 29.3 Å². The number of aromatic nitrogens is 3. The summed E-state index contributed by atoms with van der Waals surface area (Å²) >= 11 is 1.31. The van der Waals surface area contributed by atoms with Crippen molar-refractivity contribution in [2.24, 2.45) is 5.92 Å². The molecule has 0 spiro atoms. The molecule has 184 valence electrons. The summed E-state index contributed by atoms with van der Waals surface area (Å²) in [4.78, 5) is 25.6. The van der Waals surface area contributed by atoms with Crippen molar-refractivity contribution in [3.05, 3.63) is 83.2 Å². The average Bonchev–Trinajstić information content (AvgIpc) is 3.21. The van der Waals surface area contributed by atoms with Crippen LogP contribution in [0.25, 0.3) is 0 Å². The van der Waals surface area contributed by atoms with E-state index in [9.17, 15) is 9.59 Å². The Bertz CT molecular complexity index is 1220. The number of anilines is 1. The molecule has 0 fully saturated rings. The van der Waals surface area contributed by atoms with Gasteiger partial charge in [-0.05, 0) is 56.0 Å². The number of benzene rings is 2. The fourth-order valence-electron chi connectivity index (χ4n) is 3.68. The number of hydrogen-bond donors (Lipinski definition) is 2. The van der Waals surface area contributed by atoms with Gasteiger partial charge in [-0.1, -0.05) is 61.5 Å². The minimum atomic E-state index is -0.353. The molecule has 1 aromatic heterocycles. The molecule has 1 heterocycles. The number of rotatable bonds is 10. The van der Waals surface area contributed by atoms with E-state index in [4.69, 9.17) is 0 Å². The van der Waals surface area contributed by atoms with E-state index >= 15 is 0 Å². The second-order valence-electron chi connectivity index (χ2n) is 8.89. The molecule has 0 radical (unpaired) electrons. The summed E-state index contributed by atoms with van der Waals surface area (Å²) in [6.07, 6.45) is 1.76. The highest BCUT2D eigenvalue weighted by molar-refractivity contribution is 7.99. The van der Waals surface area contributed by atoms with Crippen LogP contribution in [0.3, 0.4) is 0 Å². The van der Waals surface area contributed by atoms with Crippen molar-refractivity contribution in [1.82, 2.24) is 20.1 Å². The van der Waals surface area contributed by atoms with Crippen LogP contribution < -0.4 is 10.6 Å². The molecule has 0 bridgehead atoms. The fraction of sp³-hybridized carbons (Fsp3) is 0.333. The van der Waals surface area contributed by atoms with Crippen molar-refractivity contribution in [1.29, 1.82) is 0 Å². The summed E-state index contributed by atoms with van der Waals surface area (Å²) in [6, 6.07) is 13.0. The molecule has 0 aliphatic heterocycles. The third kappa shape index (κ3) is 6.60. The Kier molecular flexibility index (Phi) is 8.87. The Labute approximate surface area is 211 Å². The molecular formula is C27H33N5O2S. The lowest BCUT2D eigenvalue weighted by atomic mass is 10.0. The highest BCUT2D eigenvalue weighted by Gasteiger charge is 2.26. The minimum Gasteiger partial charge on any atom is -0.342 e. The van der Waals surface area contributed by atoms with Crippen LogP contribution in [-0.4, -0.2) is 32.3 Å². The van der Waals surface area contributed by atoms with Gasteiger partial charge in [-0.3, -0.25) is 9.59 Å². The predicted molar refractivity (Wildman–Crippen MR) is 142 cm³/mol. The van der Waals surface area contributed by atoms with Crippen LogP contribution in [0.1, 0.15) is 52.8 Å². The van der Waals surface area contributed by atoms with Crippen molar-refractivity contribution in [3.63, 3.8) is 0 Å². The minimum absolute atomic E-state index is 0.0713. The number of carbonyl (C=O) groups is 2. The zero-order chi connectivity index (χ0) is 25.5. The average molecular weight is 492 g/mol. The molecule has 0 aliphatic carbocycles. The van der Waals surface area contributed by atoms with Gasteiger partial charge in [0, 0.05) is 17.8 Å². The Balaban J connectivity index is 1.76. The number of allylic oxidation sites excluding steroid dienone is 1. The normalized spacial score (nSPS) is 11.8. The smallest absolute Gasteiger partial charge is 0.251 e. The van der Waals surface area contributed by atoms with Crippen molar-refractivity contribution in [2.45, 2.75) is 52.4 Å². The van der Waals surface area contributed by atoms with E-state index in [1.165, 1.54) is 11.8 Å². The lowest BCUT2D eigenvalue weighted by Crippen LogP contribution is -2.34. The summed E-state index contributed by atoms with van der Waals surface area (Å²) in [7, 11) is 0. The van der Waals surface area contributed by atoms with E-state index in [0.29, 0.717) is 23.1 Å². The van der Waals surface area contributed by atoms with Gasteiger partial charge < -0.3 is 15.2 Å². The van der Waals surface area contributed by atoms with Crippen LogP contribution in [0.5, 0.6) is 0 Å². The predicted octanol–water partition coefficient (Wildman–Crippen LogP) is 5.25. The number of amides is 2. The zero-order valence-corrected chi connectivity index (χ0v) is 21.8. The molecule has 7 nitrogen and oxygen atoms in total. The number of carbonyl (C=O) groups excluding carboxylic acids is 2. The maximum absolute atomic E-state index is 13.0. The van der Waals surface area contributed by atoms with E-state index in [-0.39, 0.29) is 29.5 Å². The third-order valence-corrected chi connectivity index (χ3v) is 6.75. The van der Waals surface area contributed by atoms with E-state index in [1.54, 1.807) is 12.1 Å². The first-order valence-electron chi connectivity index (χ1n) is 11.6. The van der Waals surface area contributed by atoms with Crippen molar-refractivity contribution in [3.8, 4) is 0 Å². The van der Waals surface area contributed by atoms with Crippen LogP contribution in [0.4, 0.5) is 5.69 Å². The van der Waals surface area contributed by atoms with Gasteiger partial charge in [-0.2, -0.15) is 0 Å². The van der Waals surface area contributed by atoms with Crippen LogP contribution >= 0.6 is 11.8 Å². The first kappa shape index (κ1) is 26.2. The van der Waals surface area contributed by atoms with Gasteiger partial charge in [0.15, 0.2) is 11.0 Å². The summed E-state index contributed by atoms with van der Waals surface area (Å²) in [5.74, 6) is 0.611. The second-order valence-corrected chi connectivity index (χ2v) is 9.83. The van der Waals surface area contributed by atoms with Crippen LogP contribution in [0.2, 0.25) is 0 Å². The molecule has 0 saturated carbocycles. The lowest BCUT2D eigenvalue weighted by molar-refractivity contribution is -0.113. The molecule has 1 atom stereocenters. The first-order valence-corrected chi connectivity index (χ1v) is 12.6. The molecule has 0 unspecified atom stereocenters. The molecular weight excluding hydrogens is 458 g/mol. The first-order chi connectivity index (χ1) is 16.7. The fourth-order valence-corrected chi connectivity index (χ4v) is 4.44. The standard InChI is InChI=1S/C27H33N5O2S/c1-7-14-32-25(24(17(2)3)29-26(34)21-12-8-10-18(4)15-21)30-31-27(32)35-16-23(33)28-22-13-9-11-19(5)20(22)6/h7-13,15,17,24H,1,14,16H2,2-6H3,(H,28,33)(H,29,34)/t24-/m1/s1. The quantitative estimate of drug-likeness (QED) is 0.299. The third-order valence-electron chi connectivity index (χ3n) is 5.78. The molecule has 0 saturated heterocycles. The van der Waals surface area contributed by atoms with Crippen LogP contribution in [0.15, 0.2) is 60.3 Å². The van der Waals surface area contributed by atoms with E-state index < -0.39 is 0 Å². The van der Waals surface area contributed by atoms with Gasteiger partial charge in [0.1, 0.15) is 0 Å². The van der Waals surface area contributed by atoms with Crippen molar-refractivity contribution < 1.29 is 9.59 Å². The van der Waals surface area contributed by atoms with E-state index in [1.807, 2.05) is 75.6 Å². The van der Waals surface area contributed by atoms with E-state index in [2.05, 4.69) is 27.4 Å². The topological polar surface area (TPSA) is 88.9 Å². The van der Waals surface area contributed by atoms with Gasteiger partial charge in [0.25, 0.3) is 5.91 Å². The number of hydrogen-bond acceptors (Lipinski definition) is 5. The summed E-state index contributed by atoms with van der Waals surface area (Å²) in [6.45, 7) is 14.3.